The van der Waals surface area contributed by atoms with Crippen LogP contribution in [0, 0.1) is 13.8 Å². The topological polar surface area (TPSA) is 42.2 Å². The Labute approximate surface area is 112 Å². The monoisotopic (exact) mass is 252 g/mol. The molecule has 0 amide bonds. The van der Waals surface area contributed by atoms with E-state index >= 15 is 0 Å². The Balaban J connectivity index is 1.80. The van der Waals surface area contributed by atoms with Crippen molar-refractivity contribution < 1.29 is 0 Å². The van der Waals surface area contributed by atoms with Gasteiger partial charge >= 0.3 is 0 Å². The van der Waals surface area contributed by atoms with Gasteiger partial charge in [-0.2, -0.15) is 4.98 Å². The largest absolute Gasteiger partial charge is 0.349 e. The molecule has 3 aromatic rings. The van der Waals surface area contributed by atoms with Crippen LogP contribution in [0.25, 0.3) is 5.65 Å². The van der Waals surface area contributed by atoms with E-state index in [1.165, 1.54) is 16.7 Å². The van der Waals surface area contributed by atoms with E-state index in [-0.39, 0.29) is 0 Å². The van der Waals surface area contributed by atoms with E-state index in [4.69, 9.17) is 0 Å². The number of benzene rings is 1. The summed E-state index contributed by atoms with van der Waals surface area (Å²) in [6.07, 6.45) is 1.97. The van der Waals surface area contributed by atoms with Crippen LogP contribution < -0.4 is 5.32 Å². The van der Waals surface area contributed by atoms with Gasteiger partial charge in [0.25, 0.3) is 0 Å². The Hall–Kier alpha value is -2.36. The molecule has 0 fully saturated rings. The fourth-order valence-electron chi connectivity index (χ4n) is 2.04. The van der Waals surface area contributed by atoms with Crippen LogP contribution in [-0.2, 0) is 6.54 Å². The number of nitrogens with zero attached hydrogens (tertiary/aromatic N) is 3. The van der Waals surface area contributed by atoms with Crippen LogP contribution in [0.3, 0.4) is 0 Å². The lowest BCUT2D eigenvalue weighted by molar-refractivity contribution is 0.941. The predicted molar refractivity (Wildman–Crippen MR) is 76.2 cm³/mol. The van der Waals surface area contributed by atoms with Crippen LogP contribution >= 0.6 is 0 Å². The number of anilines is 1. The van der Waals surface area contributed by atoms with Gasteiger partial charge in [0.2, 0.25) is 5.95 Å². The normalized spacial score (nSPS) is 10.8. The van der Waals surface area contributed by atoms with Crippen molar-refractivity contribution in [1.29, 1.82) is 0 Å². The molecule has 1 aromatic carbocycles. The Kier molecular flexibility index (Phi) is 2.91. The molecule has 19 heavy (non-hydrogen) atoms. The second-order valence-electron chi connectivity index (χ2n) is 4.72. The molecule has 0 unspecified atom stereocenters. The van der Waals surface area contributed by atoms with Crippen LogP contribution in [0.1, 0.15) is 16.7 Å². The first-order valence-electron chi connectivity index (χ1n) is 6.34. The highest BCUT2D eigenvalue weighted by molar-refractivity contribution is 5.44. The summed E-state index contributed by atoms with van der Waals surface area (Å²) in [4.78, 5) is 4.44. The van der Waals surface area contributed by atoms with E-state index in [1.807, 2.05) is 37.4 Å². The Morgan fingerprint density at radius 3 is 2.79 bits per heavy atom. The van der Waals surface area contributed by atoms with Gasteiger partial charge in [-0.05, 0) is 36.6 Å². The summed E-state index contributed by atoms with van der Waals surface area (Å²) in [5.74, 6) is 0.661. The fraction of sp³-hybridized carbons (Fsp3) is 0.200. The minimum atomic E-state index is 0.661. The van der Waals surface area contributed by atoms with E-state index in [9.17, 15) is 0 Å². The van der Waals surface area contributed by atoms with Gasteiger partial charge in [-0.1, -0.05) is 30.3 Å². The number of hydrogen-bond acceptors (Lipinski definition) is 3. The molecule has 2 heterocycles. The molecule has 4 nitrogen and oxygen atoms in total. The number of nitrogens with one attached hydrogen (secondary N) is 1. The smallest absolute Gasteiger partial charge is 0.243 e. The zero-order valence-electron chi connectivity index (χ0n) is 11.1. The molecule has 0 saturated carbocycles. The number of rotatable bonds is 3. The molecule has 3 rings (SSSR count). The number of hydrogen-bond donors (Lipinski definition) is 1. The molecule has 1 N–H and O–H groups in total. The molecule has 0 spiro atoms. The Morgan fingerprint density at radius 2 is 1.95 bits per heavy atom. The number of aryl methyl sites for hydroxylation is 2. The summed E-state index contributed by atoms with van der Waals surface area (Å²) >= 11 is 0. The molecule has 0 saturated heterocycles. The van der Waals surface area contributed by atoms with Crippen LogP contribution in [0.15, 0.2) is 42.6 Å². The SMILES string of the molecule is Cc1ccc2nc(NCc3ccccc3C)nn2c1. The first-order valence-corrected chi connectivity index (χ1v) is 6.34. The first kappa shape index (κ1) is 11.7. The first-order chi connectivity index (χ1) is 9.22. The zero-order valence-corrected chi connectivity index (χ0v) is 11.1. The molecule has 96 valence electrons. The van der Waals surface area contributed by atoms with Gasteiger partial charge in [-0.3, -0.25) is 0 Å². The van der Waals surface area contributed by atoms with E-state index in [0.717, 1.165) is 12.2 Å². The number of aromatic nitrogens is 3. The standard InChI is InChI=1S/C15H16N4/c1-11-7-8-14-17-15(18-19(14)10-11)16-9-13-6-4-3-5-12(13)2/h3-8,10H,9H2,1-2H3,(H,16,18). The van der Waals surface area contributed by atoms with Gasteiger partial charge in [0, 0.05) is 12.7 Å². The van der Waals surface area contributed by atoms with Gasteiger partial charge in [-0.25, -0.2) is 4.52 Å². The number of fused-ring (bicyclic) bond motifs is 1. The lowest BCUT2D eigenvalue weighted by Crippen LogP contribution is -2.02. The van der Waals surface area contributed by atoms with Crippen molar-refractivity contribution in [2.45, 2.75) is 20.4 Å². The van der Waals surface area contributed by atoms with Crippen LogP contribution in [0.5, 0.6) is 0 Å². The molecule has 0 atom stereocenters. The average Bonchev–Trinajstić information content (AvgIpc) is 2.79. The molecule has 0 aliphatic rings. The highest BCUT2D eigenvalue weighted by Crippen LogP contribution is 2.11. The molecule has 4 heteroatoms. The van der Waals surface area contributed by atoms with Crippen LogP contribution in [0.4, 0.5) is 5.95 Å². The third-order valence-electron chi connectivity index (χ3n) is 3.18. The minimum Gasteiger partial charge on any atom is -0.349 e. The lowest BCUT2D eigenvalue weighted by Gasteiger charge is -2.05. The second kappa shape index (κ2) is 4.72. The maximum absolute atomic E-state index is 4.44. The quantitative estimate of drug-likeness (QED) is 0.779. The molecule has 0 aliphatic carbocycles. The summed E-state index contributed by atoms with van der Waals surface area (Å²) in [6.45, 7) is 4.89. The van der Waals surface area contributed by atoms with E-state index < -0.39 is 0 Å². The third kappa shape index (κ3) is 2.42. The van der Waals surface area contributed by atoms with Gasteiger partial charge in [-0.15, -0.1) is 5.10 Å². The van der Waals surface area contributed by atoms with Crippen LogP contribution in [0.2, 0.25) is 0 Å². The maximum Gasteiger partial charge on any atom is 0.243 e. The predicted octanol–water partition coefficient (Wildman–Crippen LogP) is 2.96. The van der Waals surface area contributed by atoms with E-state index in [0.29, 0.717) is 5.95 Å². The van der Waals surface area contributed by atoms with Gasteiger partial charge in [0.1, 0.15) is 0 Å². The molecular formula is C15H16N4. The van der Waals surface area contributed by atoms with E-state index in [1.54, 1.807) is 4.52 Å². The lowest BCUT2D eigenvalue weighted by atomic mass is 10.1. The van der Waals surface area contributed by atoms with Crippen molar-refractivity contribution in [2.24, 2.45) is 0 Å². The van der Waals surface area contributed by atoms with Crippen molar-refractivity contribution in [3.63, 3.8) is 0 Å². The molecule has 0 bridgehead atoms. The Morgan fingerprint density at radius 1 is 1.11 bits per heavy atom. The van der Waals surface area contributed by atoms with Crippen molar-refractivity contribution in [2.75, 3.05) is 5.32 Å². The fourth-order valence-corrected chi connectivity index (χ4v) is 2.04. The van der Waals surface area contributed by atoms with Crippen molar-refractivity contribution in [1.82, 2.24) is 14.6 Å². The van der Waals surface area contributed by atoms with Crippen molar-refractivity contribution in [3.8, 4) is 0 Å². The summed E-state index contributed by atoms with van der Waals surface area (Å²) in [7, 11) is 0. The van der Waals surface area contributed by atoms with E-state index in [2.05, 4.69) is 34.5 Å². The molecular weight excluding hydrogens is 236 g/mol. The van der Waals surface area contributed by atoms with Crippen molar-refractivity contribution in [3.05, 3.63) is 59.3 Å². The highest BCUT2D eigenvalue weighted by atomic mass is 15.3. The second-order valence-corrected chi connectivity index (χ2v) is 4.72. The average molecular weight is 252 g/mol. The molecule has 0 aliphatic heterocycles. The van der Waals surface area contributed by atoms with Gasteiger partial charge in [0.05, 0.1) is 0 Å². The third-order valence-corrected chi connectivity index (χ3v) is 3.18. The summed E-state index contributed by atoms with van der Waals surface area (Å²) < 4.78 is 1.80. The van der Waals surface area contributed by atoms with Crippen LogP contribution in [-0.4, -0.2) is 14.6 Å². The zero-order chi connectivity index (χ0) is 13.2. The summed E-state index contributed by atoms with van der Waals surface area (Å²) in [5.41, 5.74) is 4.56. The number of pyridine rings is 1. The Bertz CT molecular complexity index is 715. The van der Waals surface area contributed by atoms with Crippen molar-refractivity contribution >= 4 is 11.6 Å². The molecule has 0 radical (unpaired) electrons. The highest BCUT2D eigenvalue weighted by Gasteiger charge is 2.03. The van der Waals surface area contributed by atoms with Gasteiger partial charge in [0.15, 0.2) is 5.65 Å². The summed E-state index contributed by atoms with van der Waals surface area (Å²) in [6, 6.07) is 12.3. The minimum absolute atomic E-state index is 0.661. The molecule has 2 aromatic heterocycles. The van der Waals surface area contributed by atoms with Gasteiger partial charge < -0.3 is 5.32 Å². The maximum atomic E-state index is 4.44. The summed E-state index contributed by atoms with van der Waals surface area (Å²) in [5, 5.41) is 7.68.